The van der Waals surface area contributed by atoms with E-state index >= 15 is 0 Å². The van der Waals surface area contributed by atoms with Gasteiger partial charge in [-0.3, -0.25) is 0 Å². The zero-order chi connectivity index (χ0) is 20.5. The van der Waals surface area contributed by atoms with Crippen LogP contribution in [0.2, 0.25) is 0 Å². The van der Waals surface area contributed by atoms with Crippen LogP contribution in [0, 0.1) is 0 Å². The lowest BCUT2D eigenvalue weighted by Gasteiger charge is -2.17. The summed E-state index contributed by atoms with van der Waals surface area (Å²) in [5, 5.41) is 7.25. The number of hydrogen-bond acceptors (Lipinski definition) is 5. The Kier molecular flexibility index (Phi) is 7.18. The van der Waals surface area contributed by atoms with E-state index in [0.29, 0.717) is 32.2 Å². The van der Waals surface area contributed by atoms with Gasteiger partial charge in [-0.2, -0.15) is 5.10 Å². The molecule has 0 unspecified atom stereocenters. The van der Waals surface area contributed by atoms with Crippen LogP contribution >= 0.6 is 0 Å². The first-order valence-corrected chi connectivity index (χ1v) is 9.30. The predicted octanol–water partition coefficient (Wildman–Crippen LogP) is 2.63. The number of nitrogens with one attached hydrogen (secondary N) is 1. The first-order valence-electron chi connectivity index (χ1n) is 9.30. The standard InChI is InChI=1S/C21H25N5O3/c1-25(15-18-14-24-26(16-18)19-6-4-3-5-7-19)21(27)23-13-17-8-9-20(22-12-17)29-11-10-28-2/h3-9,12,14,16H,10-11,13,15H2,1-2H3,(H,23,27). The third kappa shape index (κ3) is 6.05. The van der Waals surface area contributed by atoms with Gasteiger partial charge in [0.1, 0.15) is 6.61 Å². The predicted molar refractivity (Wildman–Crippen MR) is 109 cm³/mol. The Morgan fingerprint density at radius 1 is 1.10 bits per heavy atom. The number of benzene rings is 1. The lowest BCUT2D eigenvalue weighted by atomic mass is 10.3. The normalized spacial score (nSPS) is 10.6. The lowest BCUT2D eigenvalue weighted by molar-refractivity contribution is 0.143. The lowest BCUT2D eigenvalue weighted by Crippen LogP contribution is -2.36. The molecule has 2 heterocycles. The van der Waals surface area contributed by atoms with E-state index in [1.807, 2.05) is 42.6 Å². The van der Waals surface area contributed by atoms with Gasteiger partial charge in [0.25, 0.3) is 0 Å². The fourth-order valence-corrected chi connectivity index (χ4v) is 2.65. The van der Waals surface area contributed by atoms with Crippen LogP contribution in [0.3, 0.4) is 0 Å². The largest absolute Gasteiger partial charge is 0.475 e. The zero-order valence-corrected chi connectivity index (χ0v) is 16.6. The summed E-state index contributed by atoms with van der Waals surface area (Å²) < 4.78 is 12.2. The molecule has 3 rings (SSSR count). The maximum atomic E-state index is 12.4. The highest BCUT2D eigenvalue weighted by Gasteiger charge is 2.11. The molecule has 0 radical (unpaired) electrons. The Morgan fingerprint density at radius 3 is 2.66 bits per heavy atom. The number of hydrogen-bond donors (Lipinski definition) is 1. The average Bonchev–Trinajstić information content (AvgIpc) is 3.22. The molecule has 152 valence electrons. The van der Waals surface area contributed by atoms with E-state index in [1.54, 1.807) is 42.2 Å². The summed E-state index contributed by atoms with van der Waals surface area (Å²) in [5.74, 6) is 0.532. The van der Waals surface area contributed by atoms with Crippen molar-refractivity contribution in [1.29, 1.82) is 0 Å². The first-order chi connectivity index (χ1) is 14.2. The van der Waals surface area contributed by atoms with Crippen molar-refractivity contribution in [3.63, 3.8) is 0 Å². The van der Waals surface area contributed by atoms with Crippen molar-refractivity contribution >= 4 is 6.03 Å². The molecule has 0 bridgehead atoms. The molecule has 8 heteroatoms. The maximum Gasteiger partial charge on any atom is 0.317 e. The minimum atomic E-state index is -0.169. The Bertz CT molecular complexity index is 896. The topological polar surface area (TPSA) is 81.5 Å². The van der Waals surface area contributed by atoms with E-state index in [-0.39, 0.29) is 6.03 Å². The molecule has 0 atom stereocenters. The first kappa shape index (κ1) is 20.3. The summed E-state index contributed by atoms with van der Waals surface area (Å²) in [4.78, 5) is 18.2. The zero-order valence-electron chi connectivity index (χ0n) is 16.6. The Labute approximate surface area is 170 Å². The van der Waals surface area contributed by atoms with Gasteiger partial charge in [-0.1, -0.05) is 24.3 Å². The van der Waals surface area contributed by atoms with Gasteiger partial charge in [0.2, 0.25) is 5.88 Å². The van der Waals surface area contributed by atoms with Gasteiger partial charge in [0.05, 0.1) is 25.0 Å². The Morgan fingerprint density at radius 2 is 1.93 bits per heavy atom. The van der Waals surface area contributed by atoms with Gasteiger partial charge >= 0.3 is 6.03 Å². The van der Waals surface area contributed by atoms with Crippen LogP contribution in [0.25, 0.3) is 5.69 Å². The molecule has 29 heavy (non-hydrogen) atoms. The quantitative estimate of drug-likeness (QED) is 0.563. The van der Waals surface area contributed by atoms with E-state index in [2.05, 4.69) is 15.4 Å². The van der Waals surface area contributed by atoms with E-state index in [9.17, 15) is 4.79 Å². The fourth-order valence-electron chi connectivity index (χ4n) is 2.65. The number of amides is 2. The van der Waals surface area contributed by atoms with Gasteiger partial charge in [0, 0.05) is 44.7 Å². The number of nitrogens with zero attached hydrogens (tertiary/aromatic N) is 4. The highest BCUT2D eigenvalue weighted by Crippen LogP contribution is 2.10. The molecule has 0 saturated carbocycles. The Balaban J connectivity index is 1.46. The third-order valence-corrected chi connectivity index (χ3v) is 4.20. The van der Waals surface area contributed by atoms with E-state index in [0.717, 1.165) is 16.8 Å². The fraction of sp³-hybridized carbons (Fsp3) is 0.286. The molecular weight excluding hydrogens is 370 g/mol. The van der Waals surface area contributed by atoms with Crippen molar-refractivity contribution in [1.82, 2.24) is 25.0 Å². The van der Waals surface area contributed by atoms with Crippen LogP contribution in [0.5, 0.6) is 5.88 Å². The summed E-state index contributed by atoms with van der Waals surface area (Å²) in [6.45, 7) is 1.81. The highest BCUT2D eigenvalue weighted by atomic mass is 16.5. The minimum absolute atomic E-state index is 0.169. The molecule has 2 aromatic heterocycles. The summed E-state index contributed by atoms with van der Waals surface area (Å²) >= 11 is 0. The van der Waals surface area contributed by atoms with Crippen LogP contribution in [-0.4, -0.2) is 53.1 Å². The summed E-state index contributed by atoms with van der Waals surface area (Å²) in [5.41, 5.74) is 2.82. The maximum absolute atomic E-state index is 12.4. The average molecular weight is 395 g/mol. The van der Waals surface area contributed by atoms with Crippen molar-refractivity contribution in [3.8, 4) is 11.6 Å². The number of rotatable bonds is 9. The van der Waals surface area contributed by atoms with Gasteiger partial charge in [-0.05, 0) is 17.7 Å². The number of carbonyl (C=O) groups is 1. The number of para-hydroxylation sites is 1. The third-order valence-electron chi connectivity index (χ3n) is 4.20. The Hall–Kier alpha value is -3.39. The molecule has 0 aliphatic heterocycles. The molecule has 0 spiro atoms. The van der Waals surface area contributed by atoms with E-state index in [1.165, 1.54) is 0 Å². The van der Waals surface area contributed by atoms with E-state index in [4.69, 9.17) is 9.47 Å². The second kappa shape index (κ2) is 10.2. The summed E-state index contributed by atoms with van der Waals surface area (Å²) in [6, 6.07) is 13.3. The van der Waals surface area contributed by atoms with E-state index < -0.39 is 0 Å². The second-order valence-electron chi connectivity index (χ2n) is 6.49. The van der Waals surface area contributed by atoms with Crippen molar-refractivity contribution in [2.45, 2.75) is 13.1 Å². The monoisotopic (exact) mass is 395 g/mol. The van der Waals surface area contributed by atoms with Crippen LogP contribution in [0.4, 0.5) is 4.79 Å². The summed E-state index contributed by atoms with van der Waals surface area (Å²) in [7, 11) is 3.37. The van der Waals surface area contributed by atoms with Crippen LogP contribution in [0.15, 0.2) is 61.1 Å². The number of ether oxygens (including phenoxy) is 2. The number of carbonyl (C=O) groups excluding carboxylic acids is 1. The molecule has 2 amide bonds. The van der Waals surface area contributed by atoms with Gasteiger partial charge < -0.3 is 19.7 Å². The molecule has 8 nitrogen and oxygen atoms in total. The van der Waals surface area contributed by atoms with Crippen LogP contribution in [0.1, 0.15) is 11.1 Å². The van der Waals surface area contributed by atoms with Gasteiger partial charge in [-0.15, -0.1) is 0 Å². The van der Waals surface area contributed by atoms with Gasteiger partial charge in [0.15, 0.2) is 0 Å². The van der Waals surface area contributed by atoms with Crippen molar-refractivity contribution in [3.05, 3.63) is 72.2 Å². The summed E-state index contributed by atoms with van der Waals surface area (Å²) in [6.07, 6.45) is 5.38. The molecule has 3 aromatic rings. The van der Waals surface area contributed by atoms with Crippen molar-refractivity contribution < 1.29 is 14.3 Å². The number of pyridine rings is 1. The van der Waals surface area contributed by atoms with Crippen molar-refractivity contribution in [2.75, 3.05) is 27.4 Å². The number of methoxy groups -OCH3 is 1. The number of aromatic nitrogens is 3. The molecular formula is C21H25N5O3. The molecule has 0 aliphatic rings. The smallest absolute Gasteiger partial charge is 0.317 e. The minimum Gasteiger partial charge on any atom is -0.475 e. The molecule has 1 N–H and O–H groups in total. The second-order valence-corrected chi connectivity index (χ2v) is 6.49. The van der Waals surface area contributed by atoms with Crippen LogP contribution in [-0.2, 0) is 17.8 Å². The molecule has 0 fully saturated rings. The number of urea groups is 1. The van der Waals surface area contributed by atoms with Gasteiger partial charge in [-0.25, -0.2) is 14.5 Å². The molecule has 0 aliphatic carbocycles. The SMILES string of the molecule is COCCOc1ccc(CNC(=O)N(C)Cc2cnn(-c3ccccc3)c2)cn1. The molecule has 0 saturated heterocycles. The highest BCUT2D eigenvalue weighted by molar-refractivity contribution is 5.73. The van der Waals surface area contributed by atoms with Crippen LogP contribution < -0.4 is 10.1 Å². The van der Waals surface area contributed by atoms with Crippen molar-refractivity contribution in [2.24, 2.45) is 0 Å². The molecule has 1 aromatic carbocycles.